The van der Waals surface area contributed by atoms with E-state index in [4.69, 9.17) is 0 Å². The molecule has 1 heterocycles. The van der Waals surface area contributed by atoms with E-state index in [9.17, 15) is 4.39 Å². The van der Waals surface area contributed by atoms with Crippen molar-refractivity contribution in [2.24, 2.45) is 0 Å². The van der Waals surface area contributed by atoms with Crippen LogP contribution in [0.4, 0.5) is 4.39 Å². The highest BCUT2D eigenvalue weighted by atomic mass is 79.9. The van der Waals surface area contributed by atoms with Crippen LogP contribution in [0.15, 0.2) is 28.7 Å². The lowest BCUT2D eigenvalue weighted by atomic mass is 10.0. The van der Waals surface area contributed by atoms with Gasteiger partial charge in [-0.3, -0.25) is 0 Å². The molecule has 1 atom stereocenters. The Morgan fingerprint density at radius 2 is 1.94 bits per heavy atom. The van der Waals surface area contributed by atoms with Crippen LogP contribution >= 0.6 is 43.2 Å². The molecule has 4 heteroatoms. The van der Waals surface area contributed by atoms with Crippen molar-refractivity contribution in [3.63, 3.8) is 0 Å². The molecule has 0 fully saturated rings. The molecule has 0 aliphatic carbocycles. The lowest BCUT2D eigenvalue weighted by molar-refractivity contribution is 0.607. The van der Waals surface area contributed by atoms with Gasteiger partial charge in [0.1, 0.15) is 5.82 Å². The van der Waals surface area contributed by atoms with Gasteiger partial charge in [0.05, 0.1) is 9.30 Å². The quantitative estimate of drug-likeness (QED) is 0.584. The van der Waals surface area contributed by atoms with Gasteiger partial charge in [0.2, 0.25) is 0 Å². The van der Waals surface area contributed by atoms with Crippen LogP contribution in [0.5, 0.6) is 0 Å². The summed E-state index contributed by atoms with van der Waals surface area (Å²) < 4.78 is 14.5. The lowest BCUT2D eigenvalue weighted by Crippen LogP contribution is -1.97. The average molecular weight is 378 g/mol. The van der Waals surface area contributed by atoms with Crippen LogP contribution in [0.3, 0.4) is 0 Å². The minimum Gasteiger partial charge on any atom is -0.205 e. The van der Waals surface area contributed by atoms with Crippen LogP contribution < -0.4 is 0 Å². The predicted octanol–water partition coefficient (Wildman–Crippen LogP) is 5.75. The van der Waals surface area contributed by atoms with Gasteiger partial charge >= 0.3 is 0 Å². The second-order valence-electron chi connectivity index (χ2n) is 3.87. The van der Waals surface area contributed by atoms with Gasteiger partial charge in [-0.1, -0.05) is 28.1 Å². The lowest BCUT2D eigenvalue weighted by Gasteiger charge is -2.12. The van der Waals surface area contributed by atoms with E-state index in [-0.39, 0.29) is 10.6 Å². The Hall–Kier alpha value is -0.190. The third-order valence-electron chi connectivity index (χ3n) is 2.61. The van der Waals surface area contributed by atoms with E-state index in [0.29, 0.717) is 10.0 Å². The van der Waals surface area contributed by atoms with Gasteiger partial charge < -0.3 is 0 Å². The molecule has 2 aromatic rings. The topological polar surface area (TPSA) is 0 Å². The maximum absolute atomic E-state index is 14.0. The van der Waals surface area contributed by atoms with Crippen LogP contribution in [-0.4, -0.2) is 0 Å². The smallest absolute Gasteiger partial charge is 0.142 e. The predicted molar refractivity (Wildman–Crippen MR) is 78.7 cm³/mol. The van der Waals surface area contributed by atoms with E-state index < -0.39 is 0 Å². The van der Waals surface area contributed by atoms with Crippen molar-refractivity contribution in [1.29, 1.82) is 0 Å². The molecule has 0 aliphatic heterocycles. The Labute approximate surface area is 121 Å². The summed E-state index contributed by atoms with van der Waals surface area (Å²) in [6.07, 6.45) is 0. The van der Waals surface area contributed by atoms with E-state index in [1.54, 1.807) is 17.4 Å². The molecule has 0 aliphatic rings. The molecule has 0 saturated carbocycles. The first kappa shape index (κ1) is 13.2. The van der Waals surface area contributed by atoms with Gasteiger partial charge in [-0.25, -0.2) is 4.39 Å². The Morgan fingerprint density at radius 3 is 2.53 bits per heavy atom. The van der Waals surface area contributed by atoms with Crippen LogP contribution in [0.1, 0.15) is 25.7 Å². The van der Waals surface area contributed by atoms with Crippen molar-refractivity contribution in [2.75, 3.05) is 0 Å². The summed E-state index contributed by atoms with van der Waals surface area (Å²) in [5, 5.41) is 0. The monoisotopic (exact) mass is 376 g/mol. The Balaban J connectivity index is 2.47. The van der Waals surface area contributed by atoms with Crippen molar-refractivity contribution in [1.82, 2.24) is 0 Å². The zero-order valence-electron chi connectivity index (χ0n) is 9.43. The van der Waals surface area contributed by atoms with Gasteiger partial charge in [-0.05, 0) is 47.5 Å². The molecule has 90 valence electrons. The van der Waals surface area contributed by atoms with E-state index in [2.05, 4.69) is 51.8 Å². The summed E-state index contributed by atoms with van der Waals surface area (Å²) in [5.74, 6) is -0.197. The van der Waals surface area contributed by atoms with Crippen molar-refractivity contribution < 1.29 is 4.39 Å². The molecule has 0 spiro atoms. The summed E-state index contributed by atoms with van der Waals surface area (Å²) in [6, 6.07) is 7.49. The normalized spacial score (nSPS) is 12.8. The van der Waals surface area contributed by atoms with Crippen LogP contribution in [0, 0.1) is 19.7 Å². The minimum absolute atomic E-state index is 0.0926. The first-order chi connectivity index (χ1) is 8.00. The highest BCUT2D eigenvalue weighted by molar-refractivity contribution is 9.10. The molecule has 0 radical (unpaired) electrons. The van der Waals surface area contributed by atoms with Crippen LogP contribution in [-0.2, 0) is 0 Å². The fraction of sp³-hybridized carbons (Fsp3) is 0.231. The number of benzene rings is 1. The molecule has 1 unspecified atom stereocenters. The number of thiophene rings is 1. The summed E-state index contributed by atoms with van der Waals surface area (Å²) in [6.45, 7) is 4.13. The van der Waals surface area contributed by atoms with Gasteiger partial charge in [-0.2, -0.15) is 0 Å². The number of aryl methyl sites for hydroxylation is 2. The largest absolute Gasteiger partial charge is 0.205 e. The SMILES string of the molecule is Cc1cc(C(Br)c2cccc(Br)c2F)c(C)s1. The van der Waals surface area contributed by atoms with E-state index in [0.717, 1.165) is 5.56 Å². The molecular weight excluding hydrogens is 367 g/mol. The molecule has 0 amide bonds. The number of hydrogen-bond donors (Lipinski definition) is 0. The molecular formula is C13H11Br2FS. The first-order valence-corrected chi connectivity index (χ1v) is 7.68. The molecule has 1 aromatic heterocycles. The van der Waals surface area contributed by atoms with Gasteiger partial charge in [0, 0.05) is 15.3 Å². The first-order valence-electron chi connectivity index (χ1n) is 5.15. The zero-order valence-corrected chi connectivity index (χ0v) is 13.4. The van der Waals surface area contributed by atoms with Crippen molar-refractivity contribution in [3.8, 4) is 0 Å². The highest BCUT2D eigenvalue weighted by Crippen LogP contribution is 2.38. The molecule has 2 rings (SSSR count). The number of halogens is 3. The summed E-state index contributed by atoms with van der Waals surface area (Å²) >= 11 is 8.54. The Kier molecular flexibility index (Phi) is 4.06. The third-order valence-corrected chi connectivity index (χ3v) is 5.19. The van der Waals surface area contributed by atoms with E-state index in [1.807, 2.05) is 12.1 Å². The number of hydrogen-bond acceptors (Lipinski definition) is 1. The minimum atomic E-state index is -0.197. The van der Waals surface area contributed by atoms with Gasteiger partial charge in [0.25, 0.3) is 0 Å². The Bertz CT molecular complexity index is 548. The maximum atomic E-state index is 14.0. The second-order valence-corrected chi connectivity index (χ2v) is 7.10. The van der Waals surface area contributed by atoms with Gasteiger partial charge in [0.15, 0.2) is 0 Å². The molecule has 0 N–H and O–H groups in total. The number of rotatable bonds is 2. The summed E-state index contributed by atoms with van der Waals surface area (Å²) in [5.41, 5.74) is 1.81. The fourth-order valence-corrected chi connectivity index (χ4v) is 4.11. The highest BCUT2D eigenvalue weighted by Gasteiger charge is 2.19. The molecule has 0 nitrogen and oxygen atoms in total. The fourth-order valence-electron chi connectivity index (χ4n) is 1.79. The molecule has 17 heavy (non-hydrogen) atoms. The Morgan fingerprint density at radius 1 is 1.24 bits per heavy atom. The maximum Gasteiger partial charge on any atom is 0.142 e. The van der Waals surface area contributed by atoms with E-state index >= 15 is 0 Å². The van der Waals surface area contributed by atoms with Crippen LogP contribution in [0.25, 0.3) is 0 Å². The molecule has 0 bridgehead atoms. The van der Waals surface area contributed by atoms with Crippen molar-refractivity contribution >= 4 is 43.2 Å². The van der Waals surface area contributed by atoms with Crippen molar-refractivity contribution in [3.05, 3.63) is 55.4 Å². The molecule has 0 saturated heterocycles. The average Bonchev–Trinajstić information content (AvgIpc) is 2.61. The summed E-state index contributed by atoms with van der Waals surface area (Å²) in [7, 11) is 0. The standard InChI is InChI=1S/C13H11Br2FS/c1-7-6-10(8(2)17-7)12(15)9-4-3-5-11(14)13(9)16/h3-6,12H,1-2H3. The second kappa shape index (κ2) is 5.21. The van der Waals surface area contributed by atoms with Crippen LogP contribution in [0.2, 0.25) is 0 Å². The summed E-state index contributed by atoms with van der Waals surface area (Å²) in [4.78, 5) is 2.38. The number of alkyl halides is 1. The van der Waals surface area contributed by atoms with Gasteiger partial charge in [-0.15, -0.1) is 11.3 Å². The zero-order chi connectivity index (χ0) is 12.6. The molecule has 1 aromatic carbocycles. The van der Waals surface area contributed by atoms with E-state index in [1.165, 1.54) is 9.75 Å². The van der Waals surface area contributed by atoms with Crippen molar-refractivity contribution in [2.45, 2.75) is 18.7 Å². The third kappa shape index (κ3) is 2.64.